The molecule has 1 aliphatic rings. The van der Waals surface area contributed by atoms with Gasteiger partial charge in [0.25, 0.3) is 0 Å². The number of hydrogen-bond donors (Lipinski definition) is 0. The van der Waals surface area contributed by atoms with Crippen LogP contribution in [0.15, 0.2) is 0 Å². The molecular formula is C13H24O3. The molecule has 1 fully saturated rings. The summed E-state index contributed by atoms with van der Waals surface area (Å²) < 4.78 is 10.3. The fourth-order valence-electron chi connectivity index (χ4n) is 1.67. The Morgan fingerprint density at radius 2 is 2.12 bits per heavy atom. The molecule has 1 rings (SSSR count). The van der Waals surface area contributed by atoms with Crippen LogP contribution in [-0.4, -0.2) is 25.3 Å². The molecule has 0 saturated carbocycles. The summed E-state index contributed by atoms with van der Waals surface area (Å²) in [6, 6.07) is 0. The molecule has 1 atom stereocenters. The third-order valence-corrected chi connectivity index (χ3v) is 2.97. The van der Waals surface area contributed by atoms with Crippen LogP contribution in [0.2, 0.25) is 0 Å². The topological polar surface area (TPSA) is 38.8 Å². The van der Waals surface area contributed by atoms with E-state index >= 15 is 0 Å². The standard InChI is InChI=1S/C13H24O3/c1-4-9-15-12(14)13(2,3)8-6-5-7-11-10-16-11/h11H,4-10H2,1-3H3. The monoisotopic (exact) mass is 228 g/mol. The van der Waals surface area contributed by atoms with E-state index in [1.807, 2.05) is 20.8 Å². The van der Waals surface area contributed by atoms with Gasteiger partial charge >= 0.3 is 5.97 Å². The Hall–Kier alpha value is -0.570. The predicted molar refractivity (Wildman–Crippen MR) is 63.2 cm³/mol. The second kappa shape index (κ2) is 6.24. The molecule has 0 amide bonds. The van der Waals surface area contributed by atoms with Gasteiger partial charge < -0.3 is 9.47 Å². The smallest absolute Gasteiger partial charge is 0.311 e. The Kier molecular flexibility index (Phi) is 5.26. The Bertz CT molecular complexity index is 219. The van der Waals surface area contributed by atoms with Crippen LogP contribution in [0.5, 0.6) is 0 Å². The van der Waals surface area contributed by atoms with Crippen molar-refractivity contribution in [2.24, 2.45) is 5.41 Å². The van der Waals surface area contributed by atoms with Gasteiger partial charge in [-0.3, -0.25) is 4.79 Å². The lowest BCUT2D eigenvalue weighted by Crippen LogP contribution is -2.26. The molecule has 0 aromatic rings. The largest absolute Gasteiger partial charge is 0.465 e. The van der Waals surface area contributed by atoms with Crippen LogP contribution >= 0.6 is 0 Å². The summed E-state index contributed by atoms with van der Waals surface area (Å²) >= 11 is 0. The van der Waals surface area contributed by atoms with E-state index in [9.17, 15) is 4.79 Å². The van der Waals surface area contributed by atoms with E-state index in [0.717, 1.165) is 38.7 Å². The summed E-state index contributed by atoms with van der Waals surface area (Å²) in [4.78, 5) is 11.7. The molecule has 16 heavy (non-hydrogen) atoms. The van der Waals surface area contributed by atoms with Crippen molar-refractivity contribution in [1.82, 2.24) is 0 Å². The van der Waals surface area contributed by atoms with Crippen LogP contribution in [0.3, 0.4) is 0 Å². The van der Waals surface area contributed by atoms with Crippen molar-refractivity contribution in [2.75, 3.05) is 13.2 Å². The van der Waals surface area contributed by atoms with Crippen molar-refractivity contribution in [3.8, 4) is 0 Å². The van der Waals surface area contributed by atoms with Gasteiger partial charge in [-0.1, -0.05) is 19.8 Å². The molecule has 1 unspecified atom stereocenters. The Labute approximate surface area is 98.5 Å². The minimum atomic E-state index is -0.334. The highest BCUT2D eigenvalue weighted by Gasteiger charge is 2.29. The fraction of sp³-hybridized carbons (Fsp3) is 0.923. The SMILES string of the molecule is CCCOC(=O)C(C)(C)CCCCC1CO1. The van der Waals surface area contributed by atoms with E-state index < -0.39 is 0 Å². The molecule has 0 radical (unpaired) electrons. The number of carbonyl (C=O) groups is 1. The average Bonchev–Trinajstić information content (AvgIpc) is 3.04. The molecule has 0 aromatic carbocycles. The zero-order valence-corrected chi connectivity index (χ0v) is 10.8. The quantitative estimate of drug-likeness (QED) is 0.364. The molecule has 1 aliphatic heterocycles. The van der Waals surface area contributed by atoms with Gasteiger partial charge in [0.05, 0.1) is 24.7 Å². The number of unbranched alkanes of at least 4 members (excludes halogenated alkanes) is 1. The molecule has 1 heterocycles. The number of carbonyl (C=O) groups excluding carboxylic acids is 1. The van der Waals surface area contributed by atoms with Gasteiger partial charge in [0.1, 0.15) is 0 Å². The highest BCUT2D eigenvalue weighted by molar-refractivity contribution is 5.75. The predicted octanol–water partition coefficient (Wildman–Crippen LogP) is 2.93. The average molecular weight is 228 g/mol. The maximum atomic E-state index is 11.7. The first-order valence-corrected chi connectivity index (χ1v) is 6.35. The van der Waals surface area contributed by atoms with Crippen molar-refractivity contribution >= 4 is 5.97 Å². The molecule has 3 heteroatoms. The van der Waals surface area contributed by atoms with E-state index in [1.165, 1.54) is 0 Å². The number of rotatable bonds is 8. The van der Waals surface area contributed by atoms with Gasteiger partial charge in [-0.25, -0.2) is 0 Å². The van der Waals surface area contributed by atoms with Crippen LogP contribution in [0.4, 0.5) is 0 Å². The summed E-state index contributed by atoms with van der Waals surface area (Å²) in [6.07, 6.45) is 5.67. The second-order valence-corrected chi connectivity index (χ2v) is 5.22. The summed E-state index contributed by atoms with van der Waals surface area (Å²) in [5, 5.41) is 0. The Balaban J connectivity index is 2.12. The first-order chi connectivity index (χ1) is 7.56. The second-order valence-electron chi connectivity index (χ2n) is 5.22. The lowest BCUT2D eigenvalue weighted by molar-refractivity contribution is -0.154. The molecular weight excluding hydrogens is 204 g/mol. The number of ether oxygens (including phenoxy) is 2. The van der Waals surface area contributed by atoms with Gasteiger partial charge in [0.15, 0.2) is 0 Å². The van der Waals surface area contributed by atoms with E-state index in [-0.39, 0.29) is 11.4 Å². The van der Waals surface area contributed by atoms with Gasteiger partial charge in [0.2, 0.25) is 0 Å². The van der Waals surface area contributed by atoms with Crippen LogP contribution in [0.1, 0.15) is 52.9 Å². The normalized spacial score (nSPS) is 19.6. The zero-order chi connectivity index (χ0) is 12.0. The van der Waals surface area contributed by atoms with Crippen molar-refractivity contribution in [2.45, 2.75) is 59.0 Å². The van der Waals surface area contributed by atoms with Crippen molar-refractivity contribution < 1.29 is 14.3 Å². The molecule has 0 bridgehead atoms. The summed E-state index contributed by atoms with van der Waals surface area (Å²) in [5.41, 5.74) is -0.334. The van der Waals surface area contributed by atoms with E-state index in [1.54, 1.807) is 0 Å². The van der Waals surface area contributed by atoms with E-state index in [2.05, 4.69) is 0 Å². The van der Waals surface area contributed by atoms with Gasteiger partial charge in [-0.05, 0) is 33.1 Å². The summed E-state index contributed by atoms with van der Waals surface area (Å²) in [7, 11) is 0. The third kappa shape index (κ3) is 4.97. The lowest BCUT2D eigenvalue weighted by Gasteiger charge is -2.22. The number of hydrogen-bond acceptors (Lipinski definition) is 3. The van der Waals surface area contributed by atoms with Crippen molar-refractivity contribution in [3.05, 3.63) is 0 Å². The fourth-order valence-corrected chi connectivity index (χ4v) is 1.67. The molecule has 0 spiro atoms. The lowest BCUT2D eigenvalue weighted by atomic mass is 9.87. The van der Waals surface area contributed by atoms with Gasteiger partial charge in [-0.15, -0.1) is 0 Å². The van der Waals surface area contributed by atoms with Gasteiger partial charge in [-0.2, -0.15) is 0 Å². The van der Waals surface area contributed by atoms with Crippen LogP contribution in [0.25, 0.3) is 0 Å². The minimum Gasteiger partial charge on any atom is -0.465 e. The minimum absolute atomic E-state index is 0.0583. The summed E-state index contributed by atoms with van der Waals surface area (Å²) in [5.74, 6) is -0.0583. The van der Waals surface area contributed by atoms with Crippen LogP contribution in [0, 0.1) is 5.41 Å². The number of epoxide rings is 1. The zero-order valence-electron chi connectivity index (χ0n) is 10.8. The molecule has 0 aromatic heterocycles. The first kappa shape index (κ1) is 13.5. The van der Waals surface area contributed by atoms with Gasteiger partial charge in [0, 0.05) is 0 Å². The van der Waals surface area contributed by atoms with E-state index in [0.29, 0.717) is 12.7 Å². The Morgan fingerprint density at radius 3 is 2.69 bits per heavy atom. The van der Waals surface area contributed by atoms with E-state index in [4.69, 9.17) is 9.47 Å². The molecule has 3 nitrogen and oxygen atoms in total. The molecule has 1 saturated heterocycles. The molecule has 0 N–H and O–H groups in total. The highest BCUT2D eigenvalue weighted by Crippen LogP contribution is 2.27. The van der Waals surface area contributed by atoms with Crippen LogP contribution < -0.4 is 0 Å². The highest BCUT2D eigenvalue weighted by atomic mass is 16.6. The number of esters is 1. The third-order valence-electron chi connectivity index (χ3n) is 2.97. The maximum absolute atomic E-state index is 11.7. The molecule has 94 valence electrons. The first-order valence-electron chi connectivity index (χ1n) is 6.35. The maximum Gasteiger partial charge on any atom is 0.311 e. The Morgan fingerprint density at radius 1 is 1.44 bits per heavy atom. The van der Waals surface area contributed by atoms with Crippen molar-refractivity contribution in [3.63, 3.8) is 0 Å². The van der Waals surface area contributed by atoms with Crippen LogP contribution in [-0.2, 0) is 14.3 Å². The molecule has 0 aliphatic carbocycles. The summed E-state index contributed by atoms with van der Waals surface area (Å²) in [6.45, 7) is 7.42. The van der Waals surface area contributed by atoms with Crippen molar-refractivity contribution in [1.29, 1.82) is 0 Å².